The first-order valence-corrected chi connectivity index (χ1v) is 7.32. The second-order valence-electron chi connectivity index (χ2n) is 5.18. The van der Waals surface area contributed by atoms with Gasteiger partial charge in [-0.2, -0.15) is 4.98 Å². The Labute approximate surface area is 138 Å². The molecule has 1 heterocycles. The fourth-order valence-electron chi connectivity index (χ4n) is 2.03. The van der Waals surface area contributed by atoms with Crippen LogP contribution in [0.1, 0.15) is 26.4 Å². The zero-order valence-corrected chi connectivity index (χ0v) is 12.9. The van der Waals surface area contributed by atoms with Crippen LogP contribution in [0.3, 0.4) is 0 Å². The number of anilines is 2. The van der Waals surface area contributed by atoms with Gasteiger partial charge in [0.25, 0.3) is 11.8 Å². The van der Waals surface area contributed by atoms with E-state index < -0.39 is 5.91 Å². The van der Waals surface area contributed by atoms with Crippen LogP contribution < -0.4 is 10.6 Å². The van der Waals surface area contributed by atoms with Gasteiger partial charge in [-0.3, -0.25) is 14.9 Å². The van der Waals surface area contributed by atoms with Crippen LogP contribution in [-0.4, -0.2) is 16.8 Å². The van der Waals surface area contributed by atoms with Crippen molar-refractivity contribution in [2.75, 3.05) is 10.6 Å². The average molecular weight is 321 g/mol. The molecule has 0 aliphatic carbocycles. The molecule has 0 bridgehead atoms. The van der Waals surface area contributed by atoms with Gasteiger partial charge in [-0.05, 0) is 31.2 Å². The molecule has 1 aromatic heterocycles. The van der Waals surface area contributed by atoms with Crippen molar-refractivity contribution in [3.8, 4) is 0 Å². The van der Waals surface area contributed by atoms with E-state index in [1.807, 2.05) is 25.1 Å². The van der Waals surface area contributed by atoms with E-state index in [-0.39, 0.29) is 17.6 Å². The number of hydrogen-bond donors (Lipinski definition) is 2. The number of nitrogens with zero attached hydrogens (tertiary/aromatic N) is 1. The van der Waals surface area contributed by atoms with E-state index in [2.05, 4.69) is 15.6 Å². The zero-order chi connectivity index (χ0) is 16.9. The average Bonchev–Trinajstić information content (AvgIpc) is 3.06. The van der Waals surface area contributed by atoms with Gasteiger partial charge in [-0.15, -0.1) is 0 Å². The molecule has 6 heteroatoms. The molecule has 0 spiro atoms. The van der Waals surface area contributed by atoms with Crippen LogP contribution in [0, 0.1) is 6.92 Å². The van der Waals surface area contributed by atoms with Crippen molar-refractivity contribution >= 4 is 23.5 Å². The van der Waals surface area contributed by atoms with E-state index in [1.165, 1.54) is 6.26 Å². The van der Waals surface area contributed by atoms with Crippen LogP contribution in [-0.2, 0) is 0 Å². The number of aryl methyl sites for hydroxylation is 1. The van der Waals surface area contributed by atoms with Crippen molar-refractivity contribution < 1.29 is 14.0 Å². The number of hydrogen-bond acceptors (Lipinski definition) is 4. The first-order valence-electron chi connectivity index (χ1n) is 7.32. The van der Waals surface area contributed by atoms with Gasteiger partial charge in [0.1, 0.15) is 6.26 Å². The maximum absolute atomic E-state index is 12.1. The lowest BCUT2D eigenvalue weighted by molar-refractivity contribution is 0.101. The lowest BCUT2D eigenvalue weighted by atomic mass is 10.2. The third-order valence-electron chi connectivity index (χ3n) is 3.30. The molecule has 2 aromatic carbocycles. The fourth-order valence-corrected chi connectivity index (χ4v) is 2.03. The fraction of sp³-hybridized carbons (Fsp3) is 0.0556. The molecular weight excluding hydrogens is 306 g/mol. The molecule has 0 radical (unpaired) electrons. The lowest BCUT2D eigenvalue weighted by Gasteiger charge is -2.02. The maximum Gasteiger partial charge on any atom is 0.302 e. The van der Waals surface area contributed by atoms with Crippen molar-refractivity contribution in [3.05, 3.63) is 77.7 Å². The quantitative estimate of drug-likeness (QED) is 0.770. The first-order chi connectivity index (χ1) is 11.6. The largest absolute Gasteiger partial charge is 0.431 e. The zero-order valence-electron chi connectivity index (χ0n) is 12.9. The Morgan fingerprint density at radius 1 is 0.917 bits per heavy atom. The summed E-state index contributed by atoms with van der Waals surface area (Å²) in [7, 11) is 0. The van der Waals surface area contributed by atoms with Crippen LogP contribution in [0.25, 0.3) is 0 Å². The molecule has 0 saturated carbocycles. The monoisotopic (exact) mass is 321 g/mol. The topological polar surface area (TPSA) is 84.2 Å². The lowest BCUT2D eigenvalue weighted by Crippen LogP contribution is -2.14. The third-order valence-corrected chi connectivity index (χ3v) is 3.30. The molecule has 0 aliphatic rings. The second-order valence-corrected chi connectivity index (χ2v) is 5.18. The summed E-state index contributed by atoms with van der Waals surface area (Å²) in [6, 6.07) is 16.0. The van der Waals surface area contributed by atoms with Gasteiger partial charge < -0.3 is 9.73 Å². The minimum Gasteiger partial charge on any atom is -0.431 e. The Morgan fingerprint density at radius 3 is 2.33 bits per heavy atom. The molecule has 0 unspecified atom stereocenters. The van der Waals surface area contributed by atoms with Crippen LogP contribution in [0.15, 0.2) is 65.3 Å². The summed E-state index contributed by atoms with van der Waals surface area (Å²) in [5.41, 5.74) is 2.31. The number of benzene rings is 2. The number of carbonyl (C=O) groups is 2. The normalized spacial score (nSPS) is 10.2. The molecule has 3 aromatic rings. The van der Waals surface area contributed by atoms with Crippen molar-refractivity contribution in [2.24, 2.45) is 0 Å². The summed E-state index contributed by atoms with van der Waals surface area (Å²) in [6.07, 6.45) is 1.20. The summed E-state index contributed by atoms with van der Waals surface area (Å²) < 4.78 is 5.13. The Hall–Kier alpha value is -3.41. The molecule has 6 nitrogen and oxygen atoms in total. The standard InChI is InChI=1S/C18H15N3O3/c1-12-7-9-14(10-8-12)19-17(23)15-11-24-18(20-15)21-16(22)13-5-3-2-4-6-13/h2-11H,1H3,(H,19,23)(H,20,21,22). The number of aromatic nitrogens is 1. The summed E-state index contributed by atoms with van der Waals surface area (Å²) in [6.45, 7) is 1.96. The number of amides is 2. The molecule has 3 rings (SSSR count). The van der Waals surface area contributed by atoms with Crippen LogP contribution in [0.5, 0.6) is 0 Å². The Kier molecular flexibility index (Phi) is 4.38. The highest BCUT2D eigenvalue weighted by Crippen LogP contribution is 2.13. The van der Waals surface area contributed by atoms with Crippen molar-refractivity contribution in [3.63, 3.8) is 0 Å². The molecule has 120 valence electrons. The second kappa shape index (κ2) is 6.78. The summed E-state index contributed by atoms with van der Waals surface area (Å²) in [5.74, 6) is -0.772. The highest BCUT2D eigenvalue weighted by Gasteiger charge is 2.14. The summed E-state index contributed by atoms with van der Waals surface area (Å²) in [4.78, 5) is 28.1. The molecular formula is C18H15N3O3. The van der Waals surface area contributed by atoms with E-state index in [0.29, 0.717) is 11.3 Å². The Bertz CT molecular complexity index is 855. The van der Waals surface area contributed by atoms with Crippen LogP contribution >= 0.6 is 0 Å². The number of oxazole rings is 1. The van der Waals surface area contributed by atoms with E-state index in [9.17, 15) is 9.59 Å². The van der Waals surface area contributed by atoms with E-state index in [4.69, 9.17) is 4.42 Å². The molecule has 24 heavy (non-hydrogen) atoms. The Balaban J connectivity index is 1.65. The van der Waals surface area contributed by atoms with Gasteiger partial charge in [0.2, 0.25) is 0 Å². The SMILES string of the molecule is Cc1ccc(NC(=O)c2coc(NC(=O)c3ccccc3)n2)cc1. The summed E-state index contributed by atoms with van der Waals surface area (Å²) >= 11 is 0. The van der Waals surface area contributed by atoms with Crippen molar-refractivity contribution in [2.45, 2.75) is 6.92 Å². The number of rotatable bonds is 4. The van der Waals surface area contributed by atoms with E-state index in [0.717, 1.165) is 5.56 Å². The molecule has 0 aliphatic heterocycles. The predicted molar refractivity (Wildman–Crippen MR) is 90.0 cm³/mol. The van der Waals surface area contributed by atoms with Gasteiger partial charge in [-0.1, -0.05) is 35.9 Å². The number of nitrogens with one attached hydrogen (secondary N) is 2. The maximum atomic E-state index is 12.1. The number of carbonyl (C=O) groups excluding carboxylic acids is 2. The Morgan fingerprint density at radius 2 is 1.62 bits per heavy atom. The van der Waals surface area contributed by atoms with E-state index >= 15 is 0 Å². The van der Waals surface area contributed by atoms with Crippen molar-refractivity contribution in [1.29, 1.82) is 0 Å². The summed E-state index contributed by atoms with van der Waals surface area (Å²) in [5, 5.41) is 5.22. The van der Waals surface area contributed by atoms with Gasteiger partial charge >= 0.3 is 6.01 Å². The minimum atomic E-state index is -0.414. The highest BCUT2D eigenvalue weighted by molar-refractivity contribution is 6.05. The molecule has 0 atom stereocenters. The van der Waals surface area contributed by atoms with Gasteiger partial charge in [0, 0.05) is 11.3 Å². The predicted octanol–water partition coefficient (Wildman–Crippen LogP) is 3.49. The smallest absolute Gasteiger partial charge is 0.302 e. The van der Waals surface area contributed by atoms with Crippen molar-refractivity contribution in [1.82, 2.24) is 4.98 Å². The molecule has 0 saturated heterocycles. The van der Waals surface area contributed by atoms with Gasteiger partial charge in [-0.25, -0.2) is 0 Å². The van der Waals surface area contributed by atoms with Crippen LogP contribution in [0.2, 0.25) is 0 Å². The first kappa shape index (κ1) is 15.5. The highest BCUT2D eigenvalue weighted by atomic mass is 16.4. The van der Waals surface area contributed by atoms with Gasteiger partial charge in [0.15, 0.2) is 5.69 Å². The third kappa shape index (κ3) is 3.67. The molecule has 2 amide bonds. The molecule has 0 fully saturated rings. The van der Waals surface area contributed by atoms with Gasteiger partial charge in [0.05, 0.1) is 0 Å². The molecule has 2 N–H and O–H groups in total. The van der Waals surface area contributed by atoms with Crippen LogP contribution in [0.4, 0.5) is 11.7 Å². The minimum absolute atomic E-state index is 0.0297. The van der Waals surface area contributed by atoms with E-state index in [1.54, 1.807) is 36.4 Å².